The quantitative estimate of drug-likeness (QED) is 0.718. The third kappa shape index (κ3) is 2.10. The van der Waals surface area contributed by atoms with E-state index in [-0.39, 0.29) is 0 Å². The second-order valence-corrected chi connectivity index (χ2v) is 4.45. The molecule has 0 fully saturated rings. The molecule has 0 unspecified atom stereocenters. The first-order valence-corrected chi connectivity index (χ1v) is 5.97. The maximum Gasteiger partial charge on any atom is 0.183 e. The SMILES string of the molecule is Cc1cccc(-c2cnc3nc(C)nc(N)c3n2)c1. The number of fused-ring (bicyclic) bond motifs is 1. The molecule has 0 atom stereocenters. The molecule has 0 aliphatic rings. The number of hydrogen-bond donors (Lipinski definition) is 1. The zero-order valence-corrected chi connectivity index (χ0v) is 10.8. The van der Waals surface area contributed by atoms with Crippen molar-refractivity contribution in [1.29, 1.82) is 0 Å². The molecule has 0 amide bonds. The normalized spacial score (nSPS) is 10.8. The number of aromatic nitrogens is 4. The number of aryl methyl sites for hydroxylation is 2. The van der Waals surface area contributed by atoms with Crippen molar-refractivity contribution < 1.29 is 0 Å². The van der Waals surface area contributed by atoms with Gasteiger partial charge in [-0.2, -0.15) is 0 Å². The summed E-state index contributed by atoms with van der Waals surface area (Å²) >= 11 is 0. The Morgan fingerprint density at radius 2 is 1.89 bits per heavy atom. The van der Waals surface area contributed by atoms with Crippen LogP contribution in [-0.2, 0) is 0 Å². The number of anilines is 1. The third-order valence-corrected chi connectivity index (χ3v) is 2.86. The van der Waals surface area contributed by atoms with Gasteiger partial charge in [-0.05, 0) is 19.9 Å². The standard InChI is InChI=1S/C14H13N5/c1-8-4-3-5-10(6-8)11-7-16-14-12(19-11)13(15)17-9(2)18-14/h3-7H,1-2H3,(H2,15,16,17,18). The molecular formula is C14H13N5. The highest BCUT2D eigenvalue weighted by molar-refractivity contribution is 5.82. The molecule has 0 aliphatic heterocycles. The van der Waals surface area contributed by atoms with Gasteiger partial charge in [-0.3, -0.25) is 0 Å². The molecule has 2 aromatic heterocycles. The van der Waals surface area contributed by atoms with Crippen molar-refractivity contribution in [3.8, 4) is 11.3 Å². The zero-order chi connectivity index (χ0) is 13.4. The number of nitrogen functional groups attached to an aromatic ring is 1. The van der Waals surface area contributed by atoms with Crippen LogP contribution in [-0.4, -0.2) is 19.9 Å². The van der Waals surface area contributed by atoms with E-state index in [4.69, 9.17) is 5.73 Å². The van der Waals surface area contributed by atoms with E-state index in [2.05, 4.69) is 26.0 Å². The summed E-state index contributed by atoms with van der Waals surface area (Å²) in [6.07, 6.45) is 1.71. The van der Waals surface area contributed by atoms with E-state index >= 15 is 0 Å². The average molecular weight is 251 g/mol. The minimum Gasteiger partial charge on any atom is -0.382 e. The summed E-state index contributed by atoms with van der Waals surface area (Å²) in [7, 11) is 0. The molecule has 2 heterocycles. The van der Waals surface area contributed by atoms with Crippen LogP contribution in [0.2, 0.25) is 0 Å². The van der Waals surface area contributed by atoms with Crippen LogP contribution in [0.25, 0.3) is 22.4 Å². The maximum absolute atomic E-state index is 5.88. The second kappa shape index (κ2) is 4.28. The van der Waals surface area contributed by atoms with Crippen molar-refractivity contribution in [1.82, 2.24) is 19.9 Å². The highest BCUT2D eigenvalue weighted by atomic mass is 15.0. The van der Waals surface area contributed by atoms with Gasteiger partial charge in [0.25, 0.3) is 0 Å². The lowest BCUT2D eigenvalue weighted by Crippen LogP contribution is -2.01. The molecule has 2 N–H and O–H groups in total. The van der Waals surface area contributed by atoms with Gasteiger partial charge in [-0.15, -0.1) is 0 Å². The van der Waals surface area contributed by atoms with Gasteiger partial charge in [-0.25, -0.2) is 19.9 Å². The lowest BCUT2D eigenvalue weighted by Gasteiger charge is -2.05. The van der Waals surface area contributed by atoms with Gasteiger partial charge < -0.3 is 5.73 Å². The van der Waals surface area contributed by atoms with Crippen molar-refractivity contribution in [2.45, 2.75) is 13.8 Å². The van der Waals surface area contributed by atoms with Crippen LogP contribution < -0.4 is 5.73 Å². The van der Waals surface area contributed by atoms with Crippen molar-refractivity contribution in [3.05, 3.63) is 41.9 Å². The van der Waals surface area contributed by atoms with Gasteiger partial charge in [0, 0.05) is 5.56 Å². The Hall–Kier alpha value is -2.56. The predicted molar refractivity (Wildman–Crippen MR) is 74.5 cm³/mol. The van der Waals surface area contributed by atoms with Gasteiger partial charge in [0.2, 0.25) is 0 Å². The van der Waals surface area contributed by atoms with Crippen LogP contribution in [0, 0.1) is 13.8 Å². The van der Waals surface area contributed by atoms with Gasteiger partial charge in [0.05, 0.1) is 11.9 Å². The van der Waals surface area contributed by atoms with Gasteiger partial charge in [0.15, 0.2) is 17.0 Å². The molecule has 0 saturated heterocycles. The molecule has 3 rings (SSSR count). The van der Waals surface area contributed by atoms with E-state index in [0.29, 0.717) is 22.8 Å². The Bertz CT molecular complexity index is 767. The van der Waals surface area contributed by atoms with Crippen LogP contribution in [0.5, 0.6) is 0 Å². The van der Waals surface area contributed by atoms with Crippen molar-refractivity contribution in [2.75, 3.05) is 5.73 Å². The van der Waals surface area contributed by atoms with Gasteiger partial charge in [-0.1, -0.05) is 23.8 Å². The summed E-state index contributed by atoms with van der Waals surface area (Å²) in [5, 5.41) is 0. The molecule has 0 spiro atoms. The van der Waals surface area contributed by atoms with E-state index in [9.17, 15) is 0 Å². The minimum atomic E-state index is 0.365. The number of nitrogens with two attached hydrogens (primary N) is 1. The Kier molecular flexibility index (Phi) is 2.59. The number of hydrogen-bond acceptors (Lipinski definition) is 5. The summed E-state index contributed by atoms with van der Waals surface area (Å²) in [5.41, 5.74) is 9.91. The van der Waals surface area contributed by atoms with E-state index < -0.39 is 0 Å². The van der Waals surface area contributed by atoms with Crippen LogP contribution in [0.4, 0.5) is 5.82 Å². The van der Waals surface area contributed by atoms with E-state index in [1.165, 1.54) is 5.56 Å². The molecule has 5 heteroatoms. The number of nitrogens with zero attached hydrogens (tertiary/aromatic N) is 4. The summed E-state index contributed by atoms with van der Waals surface area (Å²) in [6, 6.07) is 8.08. The molecule has 5 nitrogen and oxygen atoms in total. The maximum atomic E-state index is 5.88. The molecule has 19 heavy (non-hydrogen) atoms. The average Bonchev–Trinajstić information content (AvgIpc) is 2.38. The fourth-order valence-corrected chi connectivity index (χ4v) is 1.99. The van der Waals surface area contributed by atoms with E-state index in [1.807, 2.05) is 25.1 Å². The Morgan fingerprint density at radius 3 is 2.68 bits per heavy atom. The fraction of sp³-hybridized carbons (Fsp3) is 0.143. The second-order valence-electron chi connectivity index (χ2n) is 4.45. The molecule has 0 aliphatic carbocycles. The van der Waals surface area contributed by atoms with Crippen molar-refractivity contribution in [2.24, 2.45) is 0 Å². The fourth-order valence-electron chi connectivity index (χ4n) is 1.99. The summed E-state index contributed by atoms with van der Waals surface area (Å²) < 4.78 is 0. The highest BCUT2D eigenvalue weighted by Crippen LogP contribution is 2.21. The Balaban J connectivity index is 2.22. The lowest BCUT2D eigenvalue weighted by atomic mass is 10.1. The van der Waals surface area contributed by atoms with Crippen LogP contribution >= 0.6 is 0 Å². The Labute approximate surface area is 110 Å². The highest BCUT2D eigenvalue weighted by Gasteiger charge is 2.08. The summed E-state index contributed by atoms with van der Waals surface area (Å²) in [4.78, 5) is 17.2. The van der Waals surface area contributed by atoms with E-state index in [0.717, 1.165) is 11.3 Å². The van der Waals surface area contributed by atoms with Gasteiger partial charge in [0.1, 0.15) is 5.82 Å². The molecular weight excluding hydrogens is 238 g/mol. The largest absolute Gasteiger partial charge is 0.382 e. The molecule has 94 valence electrons. The van der Waals surface area contributed by atoms with Crippen LogP contribution in [0.1, 0.15) is 11.4 Å². The predicted octanol–water partition coefficient (Wildman–Crippen LogP) is 2.29. The van der Waals surface area contributed by atoms with Crippen molar-refractivity contribution >= 4 is 17.0 Å². The van der Waals surface area contributed by atoms with Crippen LogP contribution in [0.3, 0.4) is 0 Å². The molecule has 0 bridgehead atoms. The first kappa shape index (κ1) is 11.5. The molecule has 3 aromatic rings. The van der Waals surface area contributed by atoms with Gasteiger partial charge >= 0.3 is 0 Å². The Morgan fingerprint density at radius 1 is 1.05 bits per heavy atom. The number of rotatable bonds is 1. The zero-order valence-electron chi connectivity index (χ0n) is 10.8. The summed E-state index contributed by atoms with van der Waals surface area (Å²) in [6.45, 7) is 3.82. The first-order valence-electron chi connectivity index (χ1n) is 5.97. The molecule has 0 saturated carbocycles. The monoisotopic (exact) mass is 251 g/mol. The smallest absolute Gasteiger partial charge is 0.183 e. The summed E-state index contributed by atoms with van der Waals surface area (Å²) in [5.74, 6) is 0.965. The number of benzene rings is 1. The lowest BCUT2D eigenvalue weighted by molar-refractivity contribution is 1.07. The topological polar surface area (TPSA) is 77.6 Å². The third-order valence-electron chi connectivity index (χ3n) is 2.86. The first-order chi connectivity index (χ1) is 9.13. The molecule has 0 radical (unpaired) electrons. The van der Waals surface area contributed by atoms with Crippen LogP contribution in [0.15, 0.2) is 30.5 Å². The molecule has 1 aromatic carbocycles. The minimum absolute atomic E-state index is 0.365. The van der Waals surface area contributed by atoms with E-state index in [1.54, 1.807) is 13.1 Å². The van der Waals surface area contributed by atoms with Crippen molar-refractivity contribution in [3.63, 3.8) is 0 Å².